The minimum absolute atomic E-state index is 0.451. The Kier molecular flexibility index (Phi) is 5.27. The summed E-state index contributed by atoms with van der Waals surface area (Å²) < 4.78 is 5.06. The molecule has 2 N–H and O–H groups in total. The zero-order chi connectivity index (χ0) is 12.8. The summed E-state index contributed by atoms with van der Waals surface area (Å²) in [6.07, 6.45) is 1.26. The number of halogens is 1. The second kappa shape index (κ2) is 6.48. The van der Waals surface area contributed by atoms with E-state index in [9.17, 15) is 0 Å². The smallest absolute Gasteiger partial charge is 0.101 e. The molecule has 0 unspecified atom stereocenters. The first-order valence-corrected chi connectivity index (χ1v) is 5.96. The molecule has 2 rings (SSSR count). The molecule has 0 spiro atoms. The molecule has 3 nitrogen and oxygen atoms in total. The van der Waals surface area contributed by atoms with Gasteiger partial charge in [-0.25, -0.2) is 0 Å². The van der Waals surface area contributed by atoms with Crippen LogP contribution in [0.2, 0.25) is 5.02 Å². The van der Waals surface area contributed by atoms with Gasteiger partial charge in [0.25, 0.3) is 0 Å². The van der Waals surface area contributed by atoms with Crippen molar-refractivity contribution in [2.45, 2.75) is 20.3 Å². The number of ether oxygens (including phenoxy) is 1. The monoisotopic (exact) mass is 252 g/mol. The molecular formula is C13H17ClN2O. The zero-order valence-electron chi connectivity index (χ0n) is 10.2. The molecule has 0 radical (unpaired) electrons. The molecule has 1 aliphatic rings. The van der Waals surface area contributed by atoms with Gasteiger partial charge in [-0.2, -0.15) is 5.26 Å². The minimum Gasteiger partial charge on any atom is -0.398 e. The lowest BCUT2D eigenvalue weighted by Crippen LogP contribution is -1.91. The van der Waals surface area contributed by atoms with Crippen molar-refractivity contribution in [2.24, 2.45) is 5.92 Å². The number of anilines is 1. The van der Waals surface area contributed by atoms with Crippen molar-refractivity contribution in [3.63, 3.8) is 0 Å². The number of hydrogen-bond acceptors (Lipinski definition) is 3. The SMILES string of the molecule is C[C@@H]1CCOC1.Cc1c(N)ccc(C#N)c1Cl. The molecule has 0 saturated carbocycles. The minimum atomic E-state index is 0.451. The van der Waals surface area contributed by atoms with E-state index in [1.54, 1.807) is 19.1 Å². The average molecular weight is 253 g/mol. The topological polar surface area (TPSA) is 59.0 Å². The first-order valence-electron chi connectivity index (χ1n) is 5.58. The predicted octanol–water partition coefficient (Wildman–Crippen LogP) is 3.15. The van der Waals surface area contributed by atoms with Crippen LogP contribution in [-0.2, 0) is 4.74 Å². The Bertz CT molecular complexity index is 420. The maximum atomic E-state index is 8.56. The maximum Gasteiger partial charge on any atom is 0.101 e. The lowest BCUT2D eigenvalue weighted by Gasteiger charge is -2.02. The van der Waals surface area contributed by atoms with Crippen LogP contribution in [0.15, 0.2) is 12.1 Å². The average Bonchev–Trinajstić information content (AvgIpc) is 2.78. The van der Waals surface area contributed by atoms with Gasteiger partial charge in [-0.1, -0.05) is 18.5 Å². The van der Waals surface area contributed by atoms with Crippen LogP contribution in [0.4, 0.5) is 5.69 Å². The van der Waals surface area contributed by atoms with Crippen LogP contribution >= 0.6 is 11.6 Å². The number of hydrogen-bond donors (Lipinski definition) is 1. The van der Waals surface area contributed by atoms with Crippen molar-refractivity contribution in [1.82, 2.24) is 0 Å². The highest BCUT2D eigenvalue weighted by atomic mass is 35.5. The summed E-state index contributed by atoms with van der Waals surface area (Å²) in [6, 6.07) is 5.27. The summed E-state index contributed by atoms with van der Waals surface area (Å²) >= 11 is 5.80. The van der Waals surface area contributed by atoms with Crippen LogP contribution in [0.1, 0.15) is 24.5 Å². The summed E-state index contributed by atoms with van der Waals surface area (Å²) in [4.78, 5) is 0. The van der Waals surface area contributed by atoms with Gasteiger partial charge in [0.05, 0.1) is 10.6 Å². The van der Waals surface area contributed by atoms with E-state index in [-0.39, 0.29) is 0 Å². The van der Waals surface area contributed by atoms with E-state index in [2.05, 4.69) is 6.92 Å². The third kappa shape index (κ3) is 3.92. The quantitative estimate of drug-likeness (QED) is 0.722. The molecule has 1 aromatic rings. The largest absolute Gasteiger partial charge is 0.398 e. The number of benzene rings is 1. The van der Waals surface area contributed by atoms with Crippen molar-refractivity contribution in [1.29, 1.82) is 5.26 Å². The molecule has 0 bridgehead atoms. The molecule has 1 heterocycles. The summed E-state index contributed by atoms with van der Waals surface area (Å²) in [7, 11) is 0. The summed E-state index contributed by atoms with van der Waals surface area (Å²) in [5, 5.41) is 9.01. The van der Waals surface area contributed by atoms with Gasteiger partial charge in [0, 0.05) is 18.9 Å². The lowest BCUT2D eigenvalue weighted by molar-refractivity contribution is 0.188. The maximum absolute atomic E-state index is 8.56. The Morgan fingerprint density at radius 3 is 2.65 bits per heavy atom. The van der Waals surface area contributed by atoms with Crippen LogP contribution in [-0.4, -0.2) is 13.2 Å². The van der Waals surface area contributed by atoms with Crippen LogP contribution in [0.25, 0.3) is 0 Å². The molecule has 4 heteroatoms. The fraction of sp³-hybridized carbons (Fsp3) is 0.462. The van der Waals surface area contributed by atoms with E-state index in [0.29, 0.717) is 16.3 Å². The van der Waals surface area contributed by atoms with Gasteiger partial charge in [0.15, 0.2) is 0 Å². The predicted molar refractivity (Wildman–Crippen MR) is 69.9 cm³/mol. The highest BCUT2D eigenvalue weighted by Gasteiger charge is 2.07. The number of nitrogen functional groups attached to an aromatic ring is 1. The summed E-state index contributed by atoms with van der Waals surface area (Å²) in [5.74, 6) is 0.824. The molecule has 1 aliphatic heterocycles. The van der Waals surface area contributed by atoms with Crippen molar-refractivity contribution in [3.8, 4) is 6.07 Å². The molecule has 0 aliphatic carbocycles. The van der Waals surface area contributed by atoms with Gasteiger partial charge < -0.3 is 10.5 Å². The Balaban J connectivity index is 0.000000202. The molecule has 0 aromatic heterocycles. The molecule has 1 saturated heterocycles. The zero-order valence-corrected chi connectivity index (χ0v) is 10.9. The van der Waals surface area contributed by atoms with E-state index < -0.39 is 0 Å². The fourth-order valence-electron chi connectivity index (χ4n) is 1.44. The number of rotatable bonds is 0. The number of nitriles is 1. The van der Waals surface area contributed by atoms with Gasteiger partial charge >= 0.3 is 0 Å². The fourth-order valence-corrected chi connectivity index (χ4v) is 1.65. The Labute approximate surface area is 107 Å². The van der Waals surface area contributed by atoms with Gasteiger partial charge in [-0.15, -0.1) is 0 Å². The van der Waals surface area contributed by atoms with E-state index in [4.69, 9.17) is 27.3 Å². The lowest BCUT2D eigenvalue weighted by atomic mass is 10.1. The molecule has 17 heavy (non-hydrogen) atoms. The van der Waals surface area contributed by atoms with Crippen molar-refractivity contribution in [3.05, 3.63) is 28.3 Å². The molecule has 1 fully saturated rings. The second-order valence-electron chi connectivity index (χ2n) is 4.22. The molecule has 1 atom stereocenters. The van der Waals surface area contributed by atoms with E-state index in [1.165, 1.54) is 6.42 Å². The molecule has 0 amide bonds. The summed E-state index contributed by atoms with van der Waals surface area (Å²) in [6.45, 7) is 5.98. The van der Waals surface area contributed by atoms with Gasteiger partial charge in [0.1, 0.15) is 6.07 Å². The van der Waals surface area contributed by atoms with Gasteiger partial charge in [0.2, 0.25) is 0 Å². The van der Waals surface area contributed by atoms with Crippen molar-refractivity contribution >= 4 is 17.3 Å². The van der Waals surface area contributed by atoms with E-state index >= 15 is 0 Å². The van der Waals surface area contributed by atoms with Crippen LogP contribution in [0.5, 0.6) is 0 Å². The third-order valence-electron chi connectivity index (χ3n) is 2.71. The first-order chi connectivity index (χ1) is 8.06. The standard InChI is InChI=1S/C8H7ClN2.C5H10O/c1-5-7(11)3-2-6(4-10)8(5)9;1-5-2-3-6-4-5/h2-3H,11H2,1H3;5H,2-4H2,1H3/t;5-/m.1/s1. The summed E-state index contributed by atoms with van der Waals surface area (Å²) in [5.41, 5.74) is 7.41. The Hall–Kier alpha value is -1.24. The third-order valence-corrected chi connectivity index (χ3v) is 3.19. The van der Waals surface area contributed by atoms with E-state index in [0.717, 1.165) is 24.7 Å². The first kappa shape index (κ1) is 13.8. The molecule has 1 aromatic carbocycles. The number of nitrogens with zero attached hydrogens (tertiary/aromatic N) is 1. The second-order valence-corrected chi connectivity index (χ2v) is 4.60. The Morgan fingerprint density at radius 1 is 1.53 bits per heavy atom. The molecule has 92 valence electrons. The van der Waals surface area contributed by atoms with Crippen molar-refractivity contribution in [2.75, 3.05) is 18.9 Å². The van der Waals surface area contributed by atoms with Crippen LogP contribution < -0.4 is 5.73 Å². The number of nitrogens with two attached hydrogens (primary N) is 1. The Morgan fingerprint density at radius 2 is 2.24 bits per heavy atom. The highest BCUT2D eigenvalue weighted by Crippen LogP contribution is 2.24. The van der Waals surface area contributed by atoms with E-state index in [1.807, 2.05) is 6.07 Å². The highest BCUT2D eigenvalue weighted by molar-refractivity contribution is 6.32. The van der Waals surface area contributed by atoms with Gasteiger partial charge in [-0.05, 0) is 37.0 Å². The van der Waals surface area contributed by atoms with Crippen LogP contribution in [0.3, 0.4) is 0 Å². The normalized spacial score (nSPS) is 18.1. The van der Waals surface area contributed by atoms with Crippen LogP contribution in [0, 0.1) is 24.2 Å². The van der Waals surface area contributed by atoms with Gasteiger partial charge in [-0.3, -0.25) is 0 Å². The van der Waals surface area contributed by atoms with Crippen molar-refractivity contribution < 1.29 is 4.74 Å². The molecular weight excluding hydrogens is 236 g/mol.